The van der Waals surface area contributed by atoms with E-state index < -0.39 is 0 Å². The first kappa shape index (κ1) is 44.1. The second-order valence-electron chi connectivity index (χ2n) is 20.4. The van der Waals surface area contributed by atoms with Crippen molar-refractivity contribution in [1.29, 1.82) is 0 Å². The van der Waals surface area contributed by atoms with Gasteiger partial charge in [0.15, 0.2) is 0 Å². The molecule has 0 spiro atoms. The number of hydrogen-bond donors (Lipinski definition) is 0. The summed E-state index contributed by atoms with van der Waals surface area (Å²) >= 11 is 0. The van der Waals surface area contributed by atoms with Gasteiger partial charge in [0.1, 0.15) is 11.5 Å². The van der Waals surface area contributed by atoms with E-state index in [4.69, 9.17) is 9.47 Å². The third-order valence-corrected chi connectivity index (χ3v) is 16.3. The molecule has 0 bridgehead atoms. The van der Waals surface area contributed by atoms with Crippen LogP contribution in [0.25, 0.3) is 43.8 Å². The van der Waals surface area contributed by atoms with Crippen LogP contribution in [0.3, 0.4) is 0 Å². The Balaban J connectivity index is 1.03. The smallest absolute Gasteiger partial charge is 0.409 e. The van der Waals surface area contributed by atoms with Gasteiger partial charge in [0.05, 0.1) is 11.4 Å². The average Bonchev–Trinajstić information content (AvgIpc) is 3.38. The summed E-state index contributed by atoms with van der Waals surface area (Å²) in [5.41, 5.74) is 22.7. The molecule has 0 fully saturated rings. The lowest BCUT2D eigenvalue weighted by molar-refractivity contribution is 0.209. The molecule has 8 heteroatoms. The molecule has 350 valence electrons. The van der Waals surface area contributed by atoms with Crippen molar-refractivity contribution >= 4 is 103 Å². The topological polar surface area (TPSA) is 59.1 Å². The SMILES string of the molecule is CCCCc1cc(-c2ccc3c4c5c(ccc24)B(c2c(C)cccc2C)c2ccccc2N5C(=O)O3)c(CCCC)cc1-c1ccc2c3c4c(ccc13)B(c1c(C)cccc1C)c1ccccc1N4C(=O)O2. The number of hydrogen-bond acceptors (Lipinski definition) is 4. The summed E-state index contributed by atoms with van der Waals surface area (Å²) < 4.78 is 12.6. The summed E-state index contributed by atoms with van der Waals surface area (Å²) in [7, 11) is 0. The van der Waals surface area contributed by atoms with Crippen LogP contribution < -0.4 is 52.1 Å². The van der Waals surface area contributed by atoms with Crippen LogP contribution in [0, 0.1) is 27.7 Å². The predicted octanol–water partition coefficient (Wildman–Crippen LogP) is 12.2. The Kier molecular flexibility index (Phi) is 10.4. The molecule has 9 aromatic carbocycles. The summed E-state index contributed by atoms with van der Waals surface area (Å²) in [6.07, 6.45) is 5.20. The second-order valence-corrected chi connectivity index (χ2v) is 20.4. The van der Waals surface area contributed by atoms with Gasteiger partial charge in [-0.05, 0) is 144 Å². The van der Waals surface area contributed by atoms with E-state index in [1.54, 1.807) is 0 Å². The van der Waals surface area contributed by atoms with Crippen molar-refractivity contribution < 1.29 is 19.1 Å². The highest BCUT2D eigenvalue weighted by Gasteiger charge is 2.45. The van der Waals surface area contributed by atoms with Crippen molar-refractivity contribution in [2.24, 2.45) is 0 Å². The highest BCUT2D eigenvalue weighted by atomic mass is 16.6. The fraction of sp³-hybridized carbons (Fsp3) is 0.188. The van der Waals surface area contributed by atoms with Crippen molar-refractivity contribution in [2.75, 3.05) is 9.80 Å². The Labute approximate surface area is 422 Å². The minimum atomic E-state index is -0.381. The molecule has 0 unspecified atom stereocenters. The number of fused-ring (bicyclic) bond motifs is 4. The first-order chi connectivity index (χ1) is 35.2. The Morgan fingerprint density at radius 2 is 0.833 bits per heavy atom. The molecule has 6 nitrogen and oxygen atoms in total. The molecule has 2 amide bonds. The van der Waals surface area contributed by atoms with E-state index in [-0.39, 0.29) is 25.6 Å². The van der Waals surface area contributed by atoms with Gasteiger partial charge in [-0.1, -0.05) is 181 Å². The molecule has 4 heterocycles. The first-order valence-corrected chi connectivity index (χ1v) is 25.9. The summed E-state index contributed by atoms with van der Waals surface area (Å²) in [5, 5.41) is 4.08. The number of anilines is 4. The van der Waals surface area contributed by atoms with Gasteiger partial charge < -0.3 is 9.47 Å². The summed E-state index contributed by atoms with van der Waals surface area (Å²) in [5.74, 6) is 1.19. The van der Waals surface area contributed by atoms with Crippen LogP contribution in [-0.2, 0) is 12.8 Å². The van der Waals surface area contributed by atoms with Crippen molar-refractivity contribution in [3.8, 4) is 33.8 Å². The Bertz CT molecular complexity index is 3530. The molecular formula is C64H54B2N2O4. The number of benzene rings is 9. The van der Waals surface area contributed by atoms with Crippen LogP contribution in [-0.4, -0.2) is 25.6 Å². The van der Waals surface area contributed by atoms with E-state index in [0.29, 0.717) is 11.5 Å². The number of para-hydroxylation sites is 2. The van der Waals surface area contributed by atoms with Gasteiger partial charge in [-0.3, -0.25) is 0 Å². The normalized spacial score (nSPS) is 13.9. The molecule has 4 aliphatic rings. The highest BCUT2D eigenvalue weighted by molar-refractivity contribution is 6.99. The lowest BCUT2D eigenvalue weighted by Gasteiger charge is -2.39. The highest BCUT2D eigenvalue weighted by Crippen LogP contribution is 2.50. The minimum Gasteiger partial charge on any atom is -0.409 e. The number of nitrogens with zero attached hydrogens (tertiary/aromatic N) is 2. The predicted molar refractivity (Wildman–Crippen MR) is 300 cm³/mol. The summed E-state index contributed by atoms with van der Waals surface area (Å²) in [4.78, 5) is 32.2. The molecule has 0 saturated carbocycles. The maximum Gasteiger partial charge on any atom is 0.424 e. The van der Waals surface area contributed by atoms with Crippen molar-refractivity contribution in [3.05, 3.63) is 179 Å². The third kappa shape index (κ3) is 6.43. The zero-order chi connectivity index (χ0) is 49.1. The van der Waals surface area contributed by atoms with E-state index in [9.17, 15) is 9.59 Å². The van der Waals surface area contributed by atoms with Gasteiger partial charge >= 0.3 is 12.2 Å². The standard InChI is InChI=1S/C64H54B2N2O4/c1-7-9-21-41-35-48(44-30-34-56-58-46(44)28-32-52-62(58)68(64(70)72-56)54-26-14-12-24-50(54)66(52)60-39(5)19-16-20-40(60)6)42(22-10-8-2)36-47(41)43-29-33-55-57-45(43)27-31-51-61(57)67(63(69)71-55)53-25-13-11-23-49(53)65(51)59-37(3)17-15-18-38(59)4/h11-20,23-36H,7-10,21-22H2,1-6H3. The lowest BCUT2D eigenvalue weighted by Crippen LogP contribution is -2.60. The van der Waals surface area contributed by atoms with Crippen molar-refractivity contribution in [2.45, 2.75) is 80.1 Å². The number of carbonyl (C=O) groups excluding carboxylic acids is 2. The number of aryl methyl sites for hydroxylation is 6. The Hall–Kier alpha value is -7.83. The van der Waals surface area contributed by atoms with Gasteiger partial charge in [0, 0.05) is 22.1 Å². The maximum atomic E-state index is 14.3. The molecule has 72 heavy (non-hydrogen) atoms. The van der Waals surface area contributed by atoms with Crippen LogP contribution in [0.4, 0.5) is 32.3 Å². The van der Waals surface area contributed by atoms with Crippen LogP contribution in [0.1, 0.15) is 72.9 Å². The molecule has 0 atom stereocenters. The fourth-order valence-corrected chi connectivity index (χ4v) is 13.0. The number of ether oxygens (including phenoxy) is 2. The Morgan fingerprint density at radius 1 is 0.431 bits per heavy atom. The van der Waals surface area contributed by atoms with Gasteiger partial charge in [-0.15, -0.1) is 0 Å². The average molecular weight is 937 g/mol. The van der Waals surface area contributed by atoms with E-state index >= 15 is 0 Å². The third-order valence-electron chi connectivity index (χ3n) is 16.3. The zero-order valence-electron chi connectivity index (χ0n) is 41.8. The number of amides is 2. The summed E-state index contributed by atoms with van der Waals surface area (Å²) in [6.45, 7) is 13.2. The van der Waals surface area contributed by atoms with Crippen LogP contribution >= 0.6 is 0 Å². The van der Waals surface area contributed by atoms with Crippen LogP contribution in [0.2, 0.25) is 0 Å². The quantitative estimate of drug-likeness (QED) is 0.128. The molecule has 9 aromatic rings. The van der Waals surface area contributed by atoms with Crippen molar-refractivity contribution in [1.82, 2.24) is 0 Å². The van der Waals surface area contributed by atoms with E-state index in [0.717, 1.165) is 116 Å². The van der Waals surface area contributed by atoms with Gasteiger partial charge in [0.2, 0.25) is 13.4 Å². The van der Waals surface area contributed by atoms with Gasteiger partial charge in [-0.2, -0.15) is 0 Å². The molecule has 13 rings (SSSR count). The minimum absolute atomic E-state index is 0.0598. The van der Waals surface area contributed by atoms with E-state index in [2.05, 4.69) is 163 Å². The van der Waals surface area contributed by atoms with Gasteiger partial charge in [0.25, 0.3) is 0 Å². The second kappa shape index (κ2) is 16.9. The number of rotatable bonds is 10. The molecule has 4 aliphatic heterocycles. The summed E-state index contributed by atoms with van der Waals surface area (Å²) in [6, 6.07) is 52.2. The van der Waals surface area contributed by atoms with E-state index in [1.807, 2.05) is 34.1 Å². The largest absolute Gasteiger partial charge is 0.424 e. The van der Waals surface area contributed by atoms with E-state index in [1.165, 1.54) is 55.4 Å². The molecule has 0 aromatic heterocycles. The van der Waals surface area contributed by atoms with Gasteiger partial charge in [-0.25, -0.2) is 19.4 Å². The zero-order valence-corrected chi connectivity index (χ0v) is 41.8. The number of unbranched alkanes of at least 4 members (excludes halogenated alkanes) is 2. The fourth-order valence-electron chi connectivity index (χ4n) is 13.0. The molecule has 0 N–H and O–H groups in total. The lowest BCUT2D eigenvalue weighted by atomic mass is 9.33. The number of carbonyl (C=O) groups is 2. The van der Waals surface area contributed by atoms with Crippen LogP contribution in [0.5, 0.6) is 11.5 Å². The first-order valence-electron chi connectivity index (χ1n) is 25.9. The van der Waals surface area contributed by atoms with Crippen LogP contribution in [0.15, 0.2) is 146 Å². The maximum absolute atomic E-state index is 14.3. The molecular weight excluding hydrogens is 882 g/mol. The molecule has 0 aliphatic carbocycles. The molecule has 0 radical (unpaired) electrons. The molecule has 0 saturated heterocycles. The monoisotopic (exact) mass is 936 g/mol. The Morgan fingerprint density at radius 3 is 1.24 bits per heavy atom. The van der Waals surface area contributed by atoms with Crippen molar-refractivity contribution in [3.63, 3.8) is 0 Å².